The molecule has 1 aromatic heterocycles. The number of aromatic nitrogens is 2. The highest BCUT2D eigenvalue weighted by atomic mass is 17.3. The van der Waals surface area contributed by atoms with Crippen LogP contribution in [0.5, 0.6) is 0 Å². The highest BCUT2D eigenvalue weighted by Crippen LogP contribution is 2.00. The van der Waals surface area contributed by atoms with Crippen molar-refractivity contribution in [2.24, 2.45) is 5.92 Å². The number of benzene rings is 1. The third-order valence-electron chi connectivity index (χ3n) is 3.32. The second-order valence-electron chi connectivity index (χ2n) is 5.75. The van der Waals surface area contributed by atoms with E-state index in [4.69, 9.17) is 9.83 Å². The maximum atomic E-state index is 12.3. The smallest absolute Gasteiger partial charge is 0.328 e. The van der Waals surface area contributed by atoms with Crippen LogP contribution in [0.2, 0.25) is 0 Å². The molecule has 0 aliphatic heterocycles. The molecule has 0 saturated heterocycles. The van der Waals surface area contributed by atoms with Gasteiger partial charge in [0, 0.05) is 0 Å². The molecule has 1 aromatic carbocycles. The minimum atomic E-state index is -1.16. The zero-order valence-electron chi connectivity index (χ0n) is 14.8. The van der Waals surface area contributed by atoms with Crippen LogP contribution in [0.1, 0.15) is 25.0 Å². The van der Waals surface area contributed by atoms with E-state index in [-0.39, 0.29) is 16.7 Å². The molecular formula is C18H18N2O7. The Morgan fingerprint density at radius 3 is 2.44 bits per heavy atom. The van der Waals surface area contributed by atoms with Gasteiger partial charge in [0.1, 0.15) is 0 Å². The predicted octanol–water partition coefficient (Wildman–Crippen LogP) is 0.394. The maximum Gasteiger partial charge on any atom is 0.401 e. The number of nitrogens with zero attached hydrogens (tertiary/aromatic N) is 2. The minimum Gasteiger partial charge on any atom is -0.328 e. The van der Waals surface area contributed by atoms with E-state index in [1.165, 1.54) is 13.8 Å². The van der Waals surface area contributed by atoms with E-state index < -0.39 is 29.1 Å². The van der Waals surface area contributed by atoms with E-state index >= 15 is 0 Å². The van der Waals surface area contributed by atoms with Crippen molar-refractivity contribution in [3.8, 4) is 0 Å². The summed E-state index contributed by atoms with van der Waals surface area (Å²) in [6, 6.07) is 8.74. The lowest BCUT2D eigenvalue weighted by Crippen LogP contribution is -2.48. The molecule has 0 bridgehead atoms. The van der Waals surface area contributed by atoms with Crippen LogP contribution in [0.15, 0.2) is 52.7 Å². The van der Waals surface area contributed by atoms with Crippen LogP contribution < -0.4 is 21.1 Å². The molecule has 0 aliphatic carbocycles. The zero-order chi connectivity index (χ0) is 20.0. The van der Waals surface area contributed by atoms with Gasteiger partial charge in [-0.2, -0.15) is 4.99 Å². The van der Waals surface area contributed by atoms with Gasteiger partial charge in [0.2, 0.25) is 0 Å². The standard InChI is InChI=1S/C18H18N2O7/c1-4-14-11-19(18(24)20(16(14)22)25-17(23)12(2)3)27-26-15(21)10-13-8-6-5-7-9-13/h4-9,11-12H,1,10H2,2-3H3. The van der Waals surface area contributed by atoms with E-state index in [0.717, 1.165) is 12.3 Å². The SMILES string of the molecule is C=Cc1cn(OOC(=O)Cc2ccccc2)c(=O)n(OC(=O)C(C)C)c1=O. The van der Waals surface area contributed by atoms with Gasteiger partial charge < -0.3 is 4.84 Å². The maximum absolute atomic E-state index is 12.3. The highest BCUT2D eigenvalue weighted by molar-refractivity contribution is 5.72. The van der Waals surface area contributed by atoms with Gasteiger partial charge in [0.15, 0.2) is 0 Å². The van der Waals surface area contributed by atoms with Crippen LogP contribution in [0.4, 0.5) is 0 Å². The van der Waals surface area contributed by atoms with E-state index in [1.54, 1.807) is 30.3 Å². The van der Waals surface area contributed by atoms with Gasteiger partial charge in [-0.25, -0.2) is 19.3 Å². The van der Waals surface area contributed by atoms with Crippen molar-refractivity contribution in [3.63, 3.8) is 0 Å². The Hall–Kier alpha value is -3.62. The van der Waals surface area contributed by atoms with Crippen molar-refractivity contribution in [2.75, 3.05) is 0 Å². The molecule has 142 valence electrons. The third kappa shape index (κ3) is 4.94. The van der Waals surface area contributed by atoms with Crippen molar-refractivity contribution in [1.82, 2.24) is 9.46 Å². The zero-order valence-corrected chi connectivity index (χ0v) is 14.8. The molecule has 0 atom stereocenters. The first-order valence-electron chi connectivity index (χ1n) is 7.98. The van der Waals surface area contributed by atoms with Crippen LogP contribution in [0, 0.1) is 5.92 Å². The third-order valence-corrected chi connectivity index (χ3v) is 3.32. The Balaban J connectivity index is 2.22. The summed E-state index contributed by atoms with van der Waals surface area (Å²) in [4.78, 5) is 62.1. The number of hydrogen-bond acceptors (Lipinski definition) is 7. The Bertz CT molecular complexity index is 958. The topological polar surface area (TPSA) is 106 Å². The van der Waals surface area contributed by atoms with Crippen LogP contribution in [-0.4, -0.2) is 21.4 Å². The first-order chi connectivity index (χ1) is 12.8. The van der Waals surface area contributed by atoms with Gasteiger partial charge in [0.05, 0.1) is 24.1 Å². The molecule has 2 rings (SSSR count). The fourth-order valence-corrected chi connectivity index (χ4v) is 1.87. The Kier molecular flexibility index (Phi) is 6.32. The molecule has 0 saturated carbocycles. The summed E-state index contributed by atoms with van der Waals surface area (Å²) in [7, 11) is 0. The van der Waals surface area contributed by atoms with Gasteiger partial charge in [0.25, 0.3) is 5.56 Å². The summed E-state index contributed by atoms with van der Waals surface area (Å²) >= 11 is 0. The second-order valence-corrected chi connectivity index (χ2v) is 5.75. The Morgan fingerprint density at radius 1 is 1.19 bits per heavy atom. The largest absolute Gasteiger partial charge is 0.401 e. The normalized spacial score (nSPS) is 10.3. The Labute approximate surface area is 153 Å². The fourth-order valence-electron chi connectivity index (χ4n) is 1.87. The average Bonchev–Trinajstić information content (AvgIpc) is 2.65. The summed E-state index contributed by atoms with van der Waals surface area (Å²) in [5.74, 6) is -2.16. The lowest BCUT2D eigenvalue weighted by Gasteiger charge is -2.11. The number of rotatable bonds is 7. The second kappa shape index (κ2) is 8.65. The first-order valence-corrected chi connectivity index (χ1v) is 7.98. The monoisotopic (exact) mass is 374 g/mol. The van der Waals surface area contributed by atoms with Crippen molar-refractivity contribution in [3.05, 3.63) is 75.1 Å². The predicted molar refractivity (Wildman–Crippen MR) is 94.3 cm³/mol. The first kappa shape index (κ1) is 19.7. The van der Waals surface area contributed by atoms with Gasteiger partial charge in [-0.1, -0.05) is 66.3 Å². The van der Waals surface area contributed by atoms with Crippen molar-refractivity contribution < 1.29 is 24.3 Å². The molecule has 1 heterocycles. The van der Waals surface area contributed by atoms with Gasteiger partial charge in [-0.05, 0) is 5.56 Å². The molecule has 0 spiro atoms. The molecule has 9 nitrogen and oxygen atoms in total. The minimum absolute atomic E-state index is 0.0914. The van der Waals surface area contributed by atoms with E-state index in [0.29, 0.717) is 10.3 Å². The number of carbonyl (C=O) groups is 2. The molecule has 9 heteroatoms. The molecular weight excluding hydrogens is 356 g/mol. The van der Waals surface area contributed by atoms with E-state index in [2.05, 4.69) is 11.5 Å². The molecule has 0 N–H and O–H groups in total. The molecule has 0 fully saturated rings. The molecule has 27 heavy (non-hydrogen) atoms. The van der Waals surface area contributed by atoms with Gasteiger partial charge in [-0.15, -0.1) is 0 Å². The molecule has 0 amide bonds. The summed E-state index contributed by atoms with van der Waals surface area (Å²) < 4.78 is 0.666. The van der Waals surface area contributed by atoms with Crippen LogP contribution in [-0.2, 0) is 20.9 Å². The van der Waals surface area contributed by atoms with Crippen LogP contribution in [0.3, 0.4) is 0 Å². The number of carbonyl (C=O) groups excluding carboxylic acids is 2. The van der Waals surface area contributed by atoms with Crippen LogP contribution >= 0.6 is 0 Å². The lowest BCUT2D eigenvalue weighted by molar-refractivity contribution is -0.275. The summed E-state index contributed by atoms with van der Waals surface area (Å²) in [5.41, 5.74) is -1.49. The van der Waals surface area contributed by atoms with E-state index in [9.17, 15) is 19.2 Å². The lowest BCUT2D eigenvalue weighted by atomic mass is 10.2. The van der Waals surface area contributed by atoms with Gasteiger partial charge in [-0.3, -0.25) is 4.79 Å². The van der Waals surface area contributed by atoms with E-state index in [1.807, 2.05) is 0 Å². The number of hydrogen-bond donors (Lipinski definition) is 0. The van der Waals surface area contributed by atoms with Crippen LogP contribution in [0.25, 0.3) is 6.08 Å². The summed E-state index contributed by atoms with van der Waals surface area (Å²) in [6.07, 6.45) is 2.01. The highest BCUT2D eigenvalue weighted by Gasteiger charge is 2.18. The Morgan fingerprint density at radius 2 is 1.85 bits per heavy atom. The molecule has 0 unspecified atom stereocenters. The van der Waals surface area contributed by atoms with Crippen molar-refractivity contribution >= 4 is 18.0 Å². The molecule has 0 radical (unpaired) electrons. The molecule has 0 aliphatic rings. The average molecular weight is 374 g/mol. The fraction of sp³-hybridized carbons (Fsp3) is 0.222. The van der Waals surface area contributed by atoms with Gasteiger partial charge >= 0.3 is 17.6 Å². The molecule has 2 aromatic rings. The van der Waals surface area contributed by atoms with Crippen molar-refractivity contribution in [1.29, 1.82) is 0 Å². The quantitative estimate of drug-likeness (QED) is 0.510. The summed E-state index contributed by atoms with van der Waals surface area (Å²) in [5, 5.41) is 0. The summed E-state index contributed by atoms with van der Waals surface area (Å²) in [6.45, 7) is 6.50. The van der Waals surface area contributed by atoms with Crippen molar-refractivity contribution in [2.45, 2.75) is 20.3 Å².